The normalized spacial score (nSPS) is 20.5. The lowest BCUT2D eigenvalue weighted by molar-refractivity contribution is -0.169. The van der Waals surface area contributed by atoms with Crippen molar-refractivity contribution >= 4 is 57.7 Å². The zero-order valence-electron chi connectivity index (χ0n) is 28.3. The summed E-state index contributed by atoms with van der Waals surface area (Å²) in [6.45, 7) is 5.49. The number of thiazole rings is 1. The minimum atomic E-state index is -1.14. The van der Waals surface area contributed by atoms with E-state index in [0.29, 0.717) is 12.2 Å². The van der Waals surface area contributed by atoms with Gasteiger partial charge in [0.2, 0.25) is 5.91 Å². The minimum Gasteiger partial charge on any atom is -0.460 e. The molecule has 2 fully saturated rings. The number of fused-ring (bicyclic) bond motifs is 1. The van der Waals surface area contributed by atoms with Crippen LogP contribution in [0.2, 0.25) is 0 Å². The van der Waals surface area contributed by atoms with Crippen molar-refractivity contribution in [1.82, 2.24) is 15.2 Å². The topological polar surface area (TPSA) is 172 Å². The first-order valence-electron chi connectivity index (χ1n) is 16.1. The van der Waals surface area contributed by atoms with Gasteiger partial charge in [-0.25, -0.2) is 4.98 Å². The van der Waals surface area contributed by atoms with Gasteiger partial charge in [0.25, 0.3) is 5.91 Å². The highest BCUT2D eigenvalue weighted by molar-refractivity contribution is 8.00. The molecular formula is C35H41N5O8S2. The Kier molecular flexibility index (Phi) is 11.8. The number of nitrogens with zero attached hydrogens (tertiary/aromatic N) is 3. The molecule has 15 heteroatoms. The van der Waals surface area contributed by atoms with Crippen LogP contribution in [-0.2, 0) is 38.2 Å². The van der Waals surface area contributed by atoms with Crippen molar-refractivity contribution in [2.24, 2.45) is 10.6 Å². The molecule has 2 amide bonds. The van der Waals surface area contributed by atoms with Crippen LogP contribution in [0.5, 0.6) is 0 Å². The Morgan fingerprint density at radius 2 is 1.76 bits per heavy atom. The largest absolute Gasteiger partial charge is 0.460 e. The number of thioether (sulfide) groups is 1. The highest BCUT2D eigenvalue weighted by Gasteiger charge is 2.58. The second-order valence-corrected chi connectivity index (χ2v) is 15.0. The number of carbonyl (C=O) groups excluding carboxylic acids is 4. The number of nitrogens with one attached hydrogen (secondary N) is 1. The van der Waals surface area contributed by atoms with Gasteiger partial charge in [-0.2, -0.15) is 0 Å². The second kappa shape index (κ2) is 16.0. The van der Waals surface area contributed by atoms with Crippen LogP contribution >= 0.6 is 23.1 Å². The van der Waals surface area contributed by atoms with E-state index >= 15 is 0 Å². The highest BCUT2D eigenvalue weighted by atomic mass is 32.2. The van der Waals surface area contributed by atoms with Gasteiger partial charge in [0, 0.05) is 31.2 Å². The first-order valence-corrected chi connectivity index (χ1v) is 18.0. The molecular weight excluding hydrogens is 683 g/mol. The third-order valence-corrected chi connectivity index (χ3v) is 10.1. The Balaban J connectivity index is 1.24. The Morgan fingerprint density at radius 1 is 1.10 bits per heavy atom. The third-order valence-electron chi connectivity index (χ3n) is 7.89. The Labute approximate surface area is 298 Å². The zero-order valence-corrected chi connectivity index (χ0v) is 30.0. The van der Waals surface area contributed by atoms with Crippen LogP contribution in [-0.4, -0.2) is 89.0 Å². The van der Waals surface area contributed by atoms with Crippen LogP contribution in [0.3, 0.4) is 0 Å². The SMILES string of the molecule is COCC1(C(=O)OC(c2ccccc2)c2ccccc2)CS[C@@H]2C(NC(=O)C(=NOCCCC(=O)OC(C)(C)C)c3csc(N)n3)C(=O)N2C1. The molecule has 0 spiro atoms. The maximum atomic E-state index is 14.0. The summed E-state index contributed by atoms with van der Waals surface area (Å²) >= 11 is 2.49. The van der Waals surface area contributed by atoms with Crippen molar-refractivity contribution in [2.45, 2.75) is 56.7 Å². The maximum absolute atomic E-state index is 14.0. The molecule has 2 unspecified atom stereocenters. The molecule has 3 N–H and O–H groups in total. The van der Waals surface area contributed by atoms with Gasteiger partial charge < -0.3 is 35.0 Å². The molecule has 13 nitrogen and oxygen atoms in total. The first kappa shape index (κ1) is 36.8. The number of rotatable bonds is 14. The van der Waals surface area contributed by atoms with Crippen molar-refractivity contribution < 1.29 is 38.2 Å². The number of nitrogen functional groups attached to an aromatic ring is 1. The highest BCUT2D eigenvalue weighted by Crippen LogP contribution is 2.44. The number of benzene rings is 2. The minimum absolute atomic E-state index is 0.0377. The smallest absolute Gasteiger partial charge is 0.318 e. The second-order valence-electron chi connectivity index (χ2n) is 13.0. The summed E-state index contributed by atoms with van der Waals surface area (Å²) in [7, 11) is 1.50. The fourth-order valence-corrected chi connectivity index (χ4v) is 7.65. The van der Waals surface area contributed by atoms with Crippen LogP contribution in [0.4, 0.5) is 5.13 Å². The van der Waals surface area contributed by atoms with Crippen molar-refractivity contribution in [3.8, 4) is 0 Å². The number of β-lactam (4-membered cyclic amide) rings is 1. The fourth-order valence-electron chi connectivity index (χ4n) is 5.58. The standard InChI is InChI=1S/C35H41N5O8S2/c1-34(2,3)48-25(41)16-11-17-46-39-26(24-18-49-33(36)37-24)29(42)38-27-30(43)40-19-35(20-45-4,21-50-31(27)40)32(44)47-28(22-12-7-5-8-13-22)23-14-9-6-10-15-23/h5-10,12-15,18,27-28,31H,11,16-17,19-21H2,1-4H3,(H2,36,37)(H,38,42)/t27?,31-,35?/m1/s1. The zero-order chi connectivity index (χ0) is 35.9. The molecule has 2 aliphatic heterocycles. The van der Waals surface area contributed by atoms with E-state index in [2.05, 4.69) is 15.5 Å². The van der Waals surface area contributed by atoms with Gasteiger partial charge in [-0.05, 0) is 38.3 Å². The number of amides is 2. The molecule has 2 saturated heterocycles. The first-order chi connectivity index (χ1) is 23.9. The number of aromatic nitrogens is 1. The predicted molar refractivity (Wildman–Crippen MR) is 189 cm³/mol. The van der Waals surface area contributed by atoms with Gasteiger partial charge in [0.05, 0.1) is 6.61 Å². The number of oxime groups is 1. The Morgan fingerprint density at radius 3 is 2.34 bits per heavy atom. The molecule has 0 aliphatic carbocycles. The summed E-state index contributed by atoms with van der Waals surface area (Å²) in [4.78, 5) is 64.1. The van der Waals surface area contributed by atoms with Gasteiger partial charge in [0.1, 0.15) is 34.7 Å². The Bertz CT molecular complexity index is 1660. The van der Waals surface area contributed by atoms with Crippen molar-refractivity contribution in [3.63, 3.8) is 0 Å². The molecule has 2 aromatic carbocycles. The molecule has 5 rings (SSSR count). The molecule has 1 aromatic heterocycles. The lowest BCUT2D eigenvalue weighted by atomic mass is 9.87. The number of methoxy groups -OCH3 is 1. The van der Waals surface area contributed by atoms with E-state index in [1.807, 2.05) is 60.7 Å². The number of nitrogens with two attached hydrogens (primary N) is 1. The summed E-state index contributed by atoms with van der Waals surface area (Å²) < 4.78 is 17.0. The van der Waals surface area contributed by atoms with Gasteiger partial charge in [-0.15, -0.1) is 23.1 Å². The number of carbonyl (C=O) groups is 4. The Hall–Kier alpha value is -4.47. The van der Waals surface area contributed by atoms with Crippen molar-refractivity contribution in [3.05, 3.63) is 82.9 Å². The molecule has 50 heavy (non-hydrogen) atoms. The van der Waals surface area contributed by atoms with Crippen LogP contribution < -0.4 is 11.1 Å². The van der Waals surface area contributed by atoms with Gasteiger partial charge in [0.15, 0.2) is 16.9 Å². The summed E-state index contributed by atoms with van der Waals surface area (Å²) in [6.07, 6.45) is -0.234. The lowest BCUT2D eigenvalue weighted by Crippen LogP contribution is -2.74. The summed E-state index contributed by atoms with van der Waals surface area (Å²) in [5, 5.41) is 8.12. The van der Waals surface area contributed by atoms with Gasteiger partial charge in [-0.1, -0.05) is 65.8 Å². The molecule has 0 saturated carbocycles. The number of hydrogen-bond donors (Lipinski definition) is 2. The molecule has 0 bridgehead atoms. The van der Waals surface area contributed by atoms with Gasteiger partial charge in [-0.3, -0.25) is 19.2 Å². The summed E-state index contributed by atoms with van der Waals surface area (Å²) in [6, 6.07) is 18.1. The lowest BCUT2D eigenvalue weighted by Gasteiger charge is -2.54. The summed E-state index contributed by atoms with van der Waals surface area (Å²) in [5.74, 6) is -1.60. The summed E-state index contributed by atoms with van der Waals surface area (Å²) in [5.41, 5.74) is 5.73. The van der Waals surface area contributed by atoms with Gasteiger partial charge >= 0.3 is 11.9 Å². The van der Waals surface area contributed by atoms with E-state index in [4.69, 9.17) is 24.8 Å². The number of esters is 2. The predicted octanol–water partition coefficient (Wildman–Crippen LogP) is 3.93. The molecule has 2 aliphatic rings. The molecule has 3 aromatic rings. The van der Waals surface area contributed by atoms with E-state index in [9.17, 15) is 19.2 Å². The monoisotopic (exact) mass is 723 g/mol. The van der Waals surface area contributed by atoms with Crippen molar-refractivity contribution in [1.29, 1.82) is 0 Å². The van der Waals surface area contributed by atoms with Crippen LogP contribution in [0, 0.1) is 5.41 Å². The number of hydrogen-bond acceptors (Lipinski definition) is 13. The van der Waals surface area contributed by atoms with E-state index < -0.39 is 40.4 Å². The molecule has 3 atom stereocenters. The van der Waals surface area contributed by atoms with Crippen LogP contribution in [0.25, 0.3) is 0 Å². The molecule has 3 heterocycles. The van der Waals surface area contributed by atoms with E-state index in [0.717, 1.165) is 22.5 Å². The maximum Gasteiger partial charge on any atom is 0.318 e. The third kappa shape index (κ3) is 8.81. The quantitative estimate of drug-likeness (QED) is 0.0812. The molecule has 266 valence electrons. The van der Waals surface area contributed by atoms with E-state index in [1.54, 1.807) is 31.1 Å². The van der Waals surface area contributed by atoms with E-state index in [1.165, 1.54) is 18.9 Å². The van der Waals surface area contributed by atoms with Crippen LogP contribution in [0.15, 0.2) is 71.2 Å². The average Bonchev–Trinajstić information content (AvgIpc) is 3.53. The van der Waals surface area contributed by atoms with Crippen LogP contribution in [0.1, 0.15) is 56.5 Å². The van der Waals surface area contributed by atoms with Crippen molar-refractivity contribution in [2.75, 3.05) is 38.4 Å². The molecule has 0 radical (unpaired) electrons. The number of anilines is 1. The number of ether oxygens (including phenoxy) is 3. The average molecular weight is 724 g/mol. The van der Waals surface area contributed by atoms with E-state index in [-0.39, 0.29) is 54.6 Å². The fraction of sp³-hybridized carbons (Fsp3) is 0.429.